The number of rotatable bonds is 9. The number of hydrogen-bond acceptors (Lipinski definition) is 5. The van der Waals surface area contributed by atoms with Gasteiger partial charge in [0.1, 0.15) is 5.82 Å². The average Bonchev–Trinajstić information content (AvgIpc) is 3.48. The van der Waals surface area contributed by atoms with Crippen LogP contribution < -0.4 is 11.1 Å². The first kappa shape index (κ1) is 25.2. The molecule has 2 amide bonds. The Hall–Kier alpha value is -3.42. The third kappa shape index (κ3) is 6.12. The Balaban J connectivity index is 1.11. The molecule has 0 unspecified atom stereocenters. The first-order valence-electron chi connectivity index (χ1n) is 12.5. The summed E-state index contributed by atoms with van der Waals surface area (Å²) >= 11 is 7.92. The maximum absolute atomic E-state index is 12.8. The Morgan fingerprint density at radius 1 is 1.05 bits per heavy atom. The molecule has 1 saturated heterocycles. The molecule has 3 heterocycles. The highest BCUT2D eigenvalue weighted by atomic mass is 35.5. The van der Waals surface area contributed by atoms with Crippen LogP contribution in [0.15, 0.2) is 60.8 Å². The molecule has 6 nitrogen and oxygen atoms in total. The van der Waals surface area contributed by atoms with Crippen molar-refractivity contribution in [2.24, 2.45) is 0 Å². The molecule has 1 aliphatic rings. The highest BCUT2D eigenvalue weighted by molar-refractivity contribution is 7.14. The van der Waals surface area contributed by atoms with Crippen LogP contribution in [0.1, 0.15) is 50.5 Å². The number of anilines is 1. The summed E-state index contributed by atoms with van der Waals surface area (Å²) in [5, 5.41) is 5.54. The van der Waals surface area contributed by atoms with Gasteiger partial charge in [0.2, 0.25) is 5.91 Å². The molecule has 0 spiro atoms. The molecule has 0 radical (unpaired) electrons. The number of hydrogen-bond donors (Lipinski definition) is 2. The Morgan fingerprint density at radius 2 is 1.84 bits per heavy atom. The van der Waals surface area contributed by atoms with Crippen LogP contribution >= 0.6 is 22.9 Å². The molecule has 5 rings (SSSR count). The van der Waals surface area contributed by atoms with E-state index in [4.69, 9.17) is 17.3 Å². The van der Waals surface area contributed by atoms with Gasteiger partial charge in [-0.3, -0.25) is 9.59 Å². The summed E-state index contributed by atoms with van der Waals surface area (Å²) in [5.41, 5.74) is 9.34. The minimum atomic E-state index is -0.125. The molecule has 2 aromatic carbocycles. The molecule has 0 bridgehead atoms. The number of amides is 2. The van der Waals surface area contributed by atoms with Crippen LogP contribution in [0.3, 0.4) is 0 Å². The molecule has 1 fully saturated rings. The molecule has 2 aromatic heterocycles. The van der Waals surface area contributed by atoms with Crippen LogP contribution in [-0.2, 0) is 30.7 Å². The number of aromatic nitrogens is 1. The lowest BCUT2D eigenvalue weighted by molar-refractivity contribution is -0.128. The zero-order valence-corrected chi connectivity index (χ0v) is 22.1. The largest absolute Gasteiger partial charge is 0.383 e. The van der Waals surface area contributed by atoms with Crippen molar-refractivity contribution >= 4 is 51.3 Å². The molecule has 190 valence electrons. The van der Waals surface area contributed by atoms with Crippen molar-refractivity contribution in [3.63, 3.8) is 0 Å². The summed E-state index contributed by atoms with van der Waals surface area (Å²) in [6.45, 7) is 1.98. The maximum atomic E-state index is 12.8. The third-order valence-electron chi connectivity index (χ3n) is 6.73. The fourth-order valence-electron chi connectivity index (χ4n) is 4.68. The number of nitrogens with one attached hydrogen (secondary N) is 1. The summed E-state index contributed by atoms with van der Waals surface area (Å²) in [7, 11) is 0. The van der Waals surface area contributed by atoms with Crippen molar-refractivity contribution in [2.75, 3.05) is 12.3 Å². The predicted octanol–water partition coefficient (Wildman–Crippen LogP) is 5.76. The number of fused-ring (bicyclic) bond motifs is 1. The second kappa shape index (κ2) is 11.3. The monoisotopic (exact) mass is 532 g/mol. The zero-order chi connectivity index (χ0) is 25.8. The highest BCUT2D eigenvalue weighted by Gasteiger charge is 2.20. The molecule has 0 aliphatic carbocycles. The Bertz CT molecular complexity index is 1430. The number of thiophene rings is 1. The van der Waals surface area contributed by atoms with Crippen molar-refractivity contribution in [3.05, 3.63) is 92.3 Å². The topological polar surface area (TPSA) is 88.3 Å². The first-order valence-corrected chi connectivity index (χ1v) is 13.7. The summed E-state index contributed by atoms with van der Waals surface area (Å²) in [6.07, 6.45) is 6.01. The van der Waals surface area contributed by atoms with Crippen LogP contribution in [-0.4, -0.2) is 28.2 Å². The molecule has 0 saturated carbocycles. The fraction of sp³-hybridized carbons (Fsp3) is 0.276. The summed E-state index contributed by atoms with van der Waals surface area (Å²) in [5.74, 6) is 0.627. The van der Waals surface area contributed by atoms with Crippen molar-refractivity contribution in [2.45, 2.75) is 45.2 Å². The van der Waals surface area contributed by atoms with E-state index in [2.05, 4.69) is 34.6 Å². The Kier molecular flexibility index (Phi) is 7.72. The average molecular weight is 533 g/mol. The van der Waals surface area contributed by atoms with Crippen molar-refractivity contribution in [1.82, 2.24) is 15.2 Å². The van der Waals surface area contributed by atoms with Crippen molar-refractivity contribution in [1.29, 1.82) is 0 Å². The van der Waals surface area contributed by atoms with E-state index < -0.39 is 0 Å². The first-order chi connectivity index (χ1) is 18.0. The van der Waals surface area contributed by atoms with Gasteiger partial charge in [0.15, 0.2) is 0 Å². The number of halogens is 1. The second-order valence-corrected chi connectivity index (χ2v) is 10.9. The number of benzene rings is 2. The lowest BCUT2D eigenvalue weighted by Gasteiger charge is -2.15. The van der Waals surface area contributed by atoms with Gasteiger partial charge in [0.25, 0.3) is 5.91 Å². The number of nitrogen functional groups attached to an aromatic ring is 1. The van der Waals surface area contributed by atoms with Crippen molar-refractivity contribution < 1.29 is 9.59 Å². The van der Waals surface area contributed by atoms with Gasteiger partial charge in [-0.05, 0) is 66.0 Å². The molecular formula is C29H29ClN4O2S. The summed E-state index contributed by atoms with van der Waals surface area (Å²) < 4.78 is 0. The van der Waals surface area contributed by atoms with Gasteiger partial charge < -0.3 is 16.0 Å². The molecule has 1 aliphatic heterocycles. The number of nitrogens with two attached hydrogens (primary N) is 1. The maximum Gasteiger partial charge on any atom is 0.261 e. The van der Waals surface area contributed by atoms with E-state index in [0.717, 1.165) is 53.4 Å². The quantitative estimate of drug-likeness (QED) is 0.287. The van der Waals surface area contributed by atoms with Gasteiger partial charge in [-0.1, -0.05) is 48.0 Å². The van der Waals surface area contributed by atoms with Crippen LogP contribution in [0.4, 0.5) is 5.82 Å². The number of aryl methyl sites for hydroxylation is 2. The SMILES string of the molecule is Nc1nccc2cc(CNC(=O)c3cc(Cl)c(CCCc4ccc(CN5CCCC5=O)cc4)s3)ccc12. The van der Waals surface area contributed by atoms with Gasteiger partial charge in [0.05, 0.1) is 9.90 Å². The van der Waals surface area contributed by atoms with Crippen LogP contribution in [0.5, 0.6) is 0 Å². The van der Waals surface area contributed by atoms with E-state index in [1.165, 1.54) is 22.5 Å². The molecular weight excluding hydrogens is 504 g/mol. The van der Waals surface area contributed by atoms with Gasteiger partial charge in [-0.15, -0.1) is 11.3 Å². The van der Waals surface area contributed by atoms with E-state index in [1.54, 1.807) is 12.3 Å². The lowest BCUT2D eigenvalue weighted by Crippen LogP contribution is -2.23. The van der Waals surface area contributed by atoms with Gasteiger partial charge >= 0.3 is 0 Å². The Labute approximate surface area is 225 Å². The number of nitrogens with zero attached hydrogens (tertiary/aromatic N) is 2. The van der Waals surface area contributed by atoms with Gasteiger partial charge in [-0.2, -0.15) is 0 Å². The fourth-order valence-corrected chi connectivity index (χ4v) is 6.07. The smallest absolute Gasteiger partial charge is 0.261 e. The van der Waals surface area contributed by atoms with Crippen LogP contribution in [0, 0.1) is 0 Å². The number of carbonyl (C=O) groups is 2. The second-order valence-electron chi connectivity index (χ2n) is 9.41. The molecule has 8 heteroatoms. The van der Waals surface area contributed by atoms with Gasteiger partial charge in [-0.25, -0.2) is 4.98 Å². The molecule has 4 aromatic rings. The predicted molar refractivity (Wildman–Crippen MR) is 150 cm³/mol. The van der Waals surface area contributed by atoms with E-state index >= 15 is 0 Å². The lowest BCUT2D eigenvalue weighted by atomic mass is 10.1. The summed E-state index contributed by atoms with van der Waals surface area (Å²) in [4.78, 5) is 32.3. The van der Waals surface area contributed by atoms with E-state index in [9.17, 15) is 9.59 Å². The minimum Gasteiger partial charge on any atom is -0.383 e. The minimum absolute atomic E-state index is 0.125. The standard InChI is InChI=1S/C29H29ClN4O2S/c30-24-16-26(29(36)33-17-21-10-11-23-22(15-21)12-13-32-28(23)31)37-25(24)4-1-3-19-6-8-20(9-7-19)18-34-14-2-5-27(34)35/h6-13,15-16H,1-5,14,17-18H2,(H2,31,32)(H,33,36). The summed E-state index contributed by atoms with van der Waals surface area (Å²) in [6, 6.07) is 18.1. The van der Waals surface area contributed by atoms with E-state index in [1.807, 2.05) is 29.2 Å². The molecule has 0 atom stereocenters. The number of carbonyl (C=O) groups excluding carboxylic acids is 2. The van der Waals surface area contributed by atoms with E-state index in [0.29, 0.717) is 35.2 Å². The molecule has 37 heavy (non-hydrogen) atoms. The Morgan fingerprint density at radius 3 is 2.62 bits per heavy atom. The zero-order valence-electron chi connectivity index (χ0n) is 20.5. The van der Waals surface area contributed by atoms with Gasteiger partial charge in [0, 0.05) is 42.5 Å². The molecule has 3 N–H and O–H groups in total. The third-order valence-corrected chi connectivity index (χ3v) is 8.37. The normalized spacial score (nSPS) is 13.4. The van der Waals surface area contributed by atoms with Crippen molar-refractivity contribution in [3.8, 4) is 0 Å². The number of pyridine rings is 1. The highest BCUT2D eigenvalue weighted by Crippen LogP contribution is 2.29. The van der Waals surface area contributed by atoms with Crippen LogP contribution in [0.25, 0.3) is 10.8 Å². The van der Waals surface area contributed by atoms with Crippen LogP contribution in [0.2, 0.25) is 5.02 Å². The van der Waals surface area contributed by atoms with E-state index in [-0.39, 0.29) is 11.8 Å². The number of likely N-dealkylation sites (tertiary alicyclic amines) is 1.